The highest BCUT2D eigenvalue weighted by molar-refractivity contribution is 5.92. The van der Waals surface area contributed by atoms with Crippen LogP contribution in [0.4, 0.5) is 5.69 Å². The Morgan fingerprint density at radius 2 is 2.32 bits per heavy atom. The Labute approximate surface area is 113 Å². The average Bonchev–Trinajstić information content (AvgIpc) is 2.45. The van der Waals surface area contributed by atoms with E-state index < -0.39 is 0 Å². The number of rotatable bonds is 6. The molecule has 0 aliphatic carbocycles. The standard InChI is InChI=1S/C14H19N3O2/c1-10(8-15)3-6-14(18)17-12-5-4-11(9-16)7-13(12)19-2/h4-5,7,10H,3,6,8,15H2,1-2H3,(H,17,18). The minimum Gasteiger partial charge on any atom is -0.495 e. The number of nitrogens with zero attached hydrogens (tertiary/aromatic N) is 1. The lowest BCUT2D eigenvalue weighted by Gasteiger charge is -2.11. The Kier molecular flexibility index (Phi) is 5.83. The van der Waals surface area contributed by atoms with E-state index in [2.05, 4.69) is 5.32 Å². The van der Waals surface area contributed by atoms with Crippen LogP contribution in [0, 0.1) is 17.2 Å². The maximum atomic E-state index is 11.8. The van der Waals surface area contributed by atoms with E-state index in [4.69, 9.17) is 15.7 Å². The van der Waals surface area contributed by atoms with Gasteiger partial charge >= 0.3 is 0 Å². The summed E-state index contributed by atoms with van der Waals surface area (Å²) < 4.78 is 5.15. The molecule has 0 aromatic heterocycles. The quantitative estimate of drug-likeness (QED) is 0.818. The number of nitrogens with one attached hydrogen (secondary N) is 1. The van der Waals surface area contributed by atoms with Crippen LogP contribution in [0.3, 0.4) is 0 Å². The highest BCUT2D eigenvalue weighted by atomic mass is 16.5. The zero-order chi connectivity index (χ0) is 14.3. The van der Waals surface area contributed by atoms with Gasteiger partial charge in [-0.15, -0.1) is 0 Å². The highest BCUT2D eigenvalue weighted by Gasteiger charge is 2.09. The Balaban J connectivity index is 2.66. The maximum Gasteiger partial charge on any atom is 0.224 e. The van der Waals surface area contributed by atoms with Gasteiger partial charge in [0.2, 0.25) is 5.91 Å². The molecule has 0 aliphatic rings. The lowest BCUT2D eigenvalue weighted by atomic mass is 10.1. The van der Waals surface area contributed by atoms with E-state index in [-0.39, 0.29) is 5.91 Å². The van der Waals surface area contributed by atoms with Crippen LogP contribution in [0.15, 0.2) is 18.2 Å². The van der Waals surface area contributed by atoms with Crippen LogP contribution in [-0.2, 0) is 4.79 Å². The van der Waals surface area contributed by atoms with Gasteiger partial charge in [0.05, 0.1) is 24.4 Å². The summed E-state index contributed by atoms with van der Waals surface area (Å²) in [6.45, 7) is 2.59. The molecule has 0 radical (unpaired) electrons. The van der Waals surface area contributed by atoms with Crippen molar-refractivity contribution in [2.75, 3.05) is 19.0 Å². The first-order valence-electron chi connectivity index (χ1n) is 6.18. The Morgan fingerprint density at radius 3 is 2.89 bits per heavy atom. The fraction of sp³-hybridized carbons (Fsp3) is 0.429. The SMILES string of the molecule is COc1cc(C#N)ccc1NC(=O)CCC(C)CN. The van der Waals surface area contributed by atoms with Gasteiger partial charge in [0.15, 0.2) is 0 Å². The number of benzene rings is 1. The molecule has 1 atom stereocenters. The molecular formula is C14H19N3O2. The van der Waals surface area contributed by atoms with Crippen LogP contribution in [0.2, 0.25) is 0 Å². The van der Waals surface area contributed by atoms with Crippen LogP contribution >= 0.6 is 0 Å². The van der Waals surface area contributed by atoms with Gasteiger partial charge in [0.25, 0.3) is 0 Å². The van der Waals surface area contributed by atoms with Gasteiger partial charge in [0.1, 0.15) is 5.75 Å². The van der Waals surface area contributed by atoms with E-state index in [1.54, 1.807) is 18.2 Å². The summed E-state index contributed by atoms with van der Waals surface area (Å²) in [5, 5.41) is 11.6. The molecule has 0 fully saturated rings. The number of ether oxygens (including phenoxy) is 1. The summed E-state index contributed by atoms with van der Waals surface area (Å²) in [7, 11) is 1.50. The van der Waals surface area contributed by atoms with Crippen molar-refractivity contribution in [2.24, 2.45) is 11.7 Å². The summed E-state index contributed by atoms with van der Waals surface area (Å²) in [6, 6.07) is 6.93. The van der Waals surface area contributed by atoms with Crippen molar-refractivity contribution in [2.45, 2.75) is 19.8 Å². The molecule has 3 N–H and O–H groups in total. The Hall–Kier alpha value is -2.06. The molecule has 0 saturated carbocycles. The summed E-state index contributed by atoms with van der Waals surface area (Å²) in [5.41, 5.74) is 6.57. The lowest BCUT2D eigenvalue weighted by molar-refractivity contribution is -0.116. The van der Waals surface area contributed by atoms with Crippen LogP contribution in [0.1, 0.15) is 25.3 Å². The molecule has 102 valence electrons. The van der Waals surface area contributed by atoms with Gasteiger partial charge in [-0.1, -0.05) is 6.92 Å². The topological polar surface area (TPSA) is 88.1 Å². The third-order valence-electron chi connectivity index (χ3n) is 2.87. The van der Waals surface area contributed by atoms with E-state index >= 15 is 0 Å². The number of amides is 1. The van der Waals surface area contributed by atoms with Gasteiger partial charge in [-0.3, -0.25) is 4.79 Å². The van der Waals surface area contributed by atoms with Crippen LogP contribution in [0.25, 0.3) is 0 Å². The van der Waals surface area contributed by atoms with Crippen LogP contribution in [0.5, 0.6) is 5.75 Å². The second kappa shape index (κ2) is 7.39. The smallest absolute Gasteiger partial charge is 0.224 e. The molecule has 0 bridgehead atoms. The molecule has 19 heavy (non-hydrogen) atoms. The molecule has 1 aromatic rings. The third kappa shape index (κ3) is 4.60. The normalized spacial score (nSPS) is 11.5. The number of nitrogens with two attached hydrogens (primary N) is 1. The molecule has 5 nitrogen and oxygen atoms in total. The average molecular weight is 261 g/mol. The first-order valence-corrected chi connectivity index (χ1v) is 6.18. The number of methoxy groups -OCH3 is 1. The van der Waals surface area contributed by atoms with Crippen molar-refractivity contribution >= 4 is 11.6 Å². The monoisotopic (exact) mass is 261 g/mol. The Morgan fingerprint density at radius 1 is 1.58 bits per heavy atom. The molecule has 0 spiro atoms. The molecule has 5 heteroatoms. The molecule has 0 heterocycles. The van der Waals surface area contributed by atoms with E-state index in [1.165, 1.54) is 7.11 Å². The van der Waals surface area contributed by atoms with Gasteiger partial charge in [-0.05, 0) is 31.0 Å². The summed E-state index contributed by atoms with van der Waals surface area (Å²) in [5.74, 6) is 0.733. The van der Waals surface area contributed by atoms with Crippen molar-refractivity contribution in [1.29, 1.82) is 5.26 Å². The zero-order valence-electron chi connectivity index (χ0n) is 11.3. The Bertz CT molecular complexity index is 480. The molecule has 1 rings (SSSR count). The molecular weight excluding hydrogens is 242 g/mol. The largest absolute Gasteiger partial charge is 0.495 e. The number of carbonyl (C=O) groups excluding carboxylic acids is 1. The summed E-state index contributed by atoms with van der Waals surface area (Å²) in [4.78, 5) is 11.8. The molecule has 1 aromatic carbocycles. The van der Waals surface area contributed by atoms with E-state index in [0.717, 1.165) is 6.42 Å². The highest BCUT2D eigenvalue weighted by Crippen LogP contribution is 2.25. The van der Waals surface area contributed by atoms with Crippen molar-refractivity contribution in [3.63, 3.8) is 0 Å². The predicted molar refractivity (Wildman–Crippen MR) is 73.8 cm³/mol. The fourth-order valence-corrected chi connectivity index (χ4v) is 1.57. The summed E-state index contributed by atoms with van der Waals surface area (Å²) >= 11 is 0. The van der Waals surface area contributed by atoms with Crippen molar-refractivity contribution in [3.8, 4) is 11.8 Å². The van der Waals surface area contributed by atoms with Crippen LogP contribution < -0.4 is 15.8 Å². The lowest BCUT2D eigenvalue weighted by Crippen LogP contribution is -2.16. The van der Waals surface area contributed by atoms with Gasteiger partial charge in [0, 0.05) is 12.5 Å². The van der Waals surface area contributed by atoms with Crippen molar-refractivity contribution in [1.82, 2.24) is 0 Å². The molecule has 0 saturated heterocycles. The molecule has 1 amide bonds. The van der Waals surface area contributed by atoms with Crippen LogP contribution in [-0.4, -0.2) is 19.6 Å². The summed E-state index contributed by atoms with van der Waals surface area (Å²) in [6.07, 6.45) is 1.17. The second-order valence-electron chi connectivity index (χ2n) is 4.45. The van der Waals surface area contributed by atoms with Crippen molar-refractivity contribution in [3.05, 3.63) is 23.8 Å². The zero-order valence-corrected chi connectivity index (χ0v) is 11.3. The molecule has 1 unspecified atom stereocenters. The molecule has 0 aliphatic heterocycles. The number of anilines is 1. The predicted octanol–water partition coefficient (Wildman–Crippen LogP) is 1.88. The van der Waals surface area contributed by atoms with E-state index in [9.17, 15) is 4.79 Å². The fourth-order valence-electron chi connectivity index (χ4n) is 1.57. The third-order valence-corrected chi connectivity index (χ3v) is 2.87. The second-order valence-corrected chi connectivity index (χ2v) is 4.45. The number of carbonyl (C=O) groups is 1. The first kappa shape index (κ1) is 15.0. The van der Waals surface area contributed by atoms with Gasteiger partial charge in [-0.2, -0.15) is 5.26 Å². The maximum absolute atomic E-state index is 11.8. The van der Waals surface area contributed by atoms with E-state index in [1.807, 2.05) is 13.0 Å². The van der Waals surface area contributed by atoms with Gasteiger partial charge < -0.3 is 15.8 Å². The number of hydrogen-bond acceptors (Lipinski definition) is 4. The first-order chi connectivity index (χ1) is 9.10. The minimum absolute atomic E-state index is 0.0803. The minimum atomic E-state index is -0.0803. The number of nitriles is 1. The van der Waals surface area contributed by atoms with Crippen molar-refractivity contribution < 1.29 is 9.53 Å². The van der Waals surface area contributed by atoms with Gasteiger partial charge in [-0.25, -0.2) is 0 Å². The number of hydrogen-bond donors (Lipinski definition) is 2. The van der Waals surface area contributed by atoms with E-state index in [0.29, 0.717) is 35.9 Å².